The van der Waals surface area contributed by atoms with E-state index < -0.39 is 0 Å². The molecule has 1 aromatic carbocycles. The predicted molar refractivity (Wildman–Crippen MR) is 71.9 cm³/mol. The largest absolute Gasteiger partial charge is 0.381 e. The third-order valence-corrected chi connectivity index (χ3v) is 3.36. The third-order valence-electron chi connectivity index (χ3n) is 3.11. The standard InChI is InChI=1S/C13H17ClN2O2/c1-18-12-6-11(7-12)15-8-13(17)16-10-4-2-9(14)3-5-10/h2-5,11-12,15H,6-8H2,1H3,(H,16,17). The molecule has 1 amide bonds. The first-order valence-corrected chi connectivity index (χ1v) is 6.37. The van der Waals surface area contributed by atoms with Crippen molar-refractivity contribution >= 4 is 23.2 Å². The first-order chi connectivity index (χ1) is 8.67. The van der Waals surface area contributed by atoms with Gasteiger partial charge >= 0.3 is 0 Å². The van der Waals surface area contributed by atoms with Crippen molar-refractivity contribution in [3.05, 3.63) is 29.3 Å². The summed E-state index contributed by atoms with van der Waals surface area (Å²) in [7, 11) is 1.72. The lowest BCUT2D eigenvalue weighted by molar-refractivity contribution is -0.115. The minimum atomic E-state index is -0.0433. The minimum Gasteiger partial charge on any atom is -0.381 e. The van der Waals surface area contributed by atoms with Gasteiger partial charge in [-0.15, -0.1) is 0 Å². The summed E-state index contributed by atoms with van der Waals surface area (Å²) in [6.07, 6.45) is 2.30. The fourth-order valence-electron chi connectivity index (χ4n) is 1.90. The first-order valence-electron chi connectivity index (χ1n) is 5.99. The first kappa shape index (κ1) is 13.3. The van der Waals surface area contributed by atoms with Crippen LogP contribution in [-0.2, 0) is 9.53 Å². The van der Waals surface area contributed by atoms with Gasteiger partial charge in [0.2, 0.25) is 5.91 Å². The summed E-state index contributed by atoms with van der Waals surface area (Å²) in [5, 5.41) is 6.66. The lowest BCUT2D eigenvalue weighted by atomic mass is 9.89. The van der Waals surface area contributed by atoms with Crippen LogP contribution >= 0.6 is 11.6 Å². The summed E-state index contributed by atoms with van der Waals surface area (Å²) in [6, 6.07) is 7.46. The van der Waals surface area contributed by atoms with Crippen LogP contribution in [0.5, 0.6) is 0 Å². The molecule has 4 nitrogen and oxygen atoms in total. The molecule has 0 radical (unpaired) electrons. The Morgan fingerprint density at radius 3 is 2.67 bits per heavy atom. The summed E-state index contributed by atoms with van der Waals surface area (Å²) >= 11 is 5.77. The van der Waals surface area contributed by atoms with E-state index in [0.717, 1.165) is 18.5 Å². The maximum atomic E-state index is 11.7. The Bertz CT molecular complexity index is 402. The molecule has 1 aliphatic rings. The Balaban J connectivity index is 1.68. The number of hydrogen-bond acceptors (Lipinski definition) is 3. The number of benzene rings is 1. The Labute approximate surface area is 112 Å². The van der Waals surface area contributed by atoms with Crippen LogP contribution in [0.2, 0.25) is 5.02 Å². The van der Waals surface area contributed by atoms with E-state index in [-0.39, 0.29) is 5.91 Å². The molecule has 1 aromatic rings. The van der Waals surface area contributed by atoms with Crippen molar-refractivity contribution in [2.45, 2.75) is 25.0 Å². The molecule has 0 atom stereocenters. The second-order valence-electron chi connectivity index (χ2n) is 4.46. The molecule has 1 aliphatic carbocycles. The van der Waals surface area contributed by atoms with E-state index in [4.69, 9.17) is 16.3 Å². The van der Waals surface area contributed by atoms with Gasteiger partial charge in [0.25, 0.3) is 0 Å². The Kier molecular flexibility index (Phi) is 4.58. The van der Waals surface area contributed by atoms with Crippen molar-refractivity contribution in [1.29, 1.82) is 0 Å². The molecule has 18 heavy (non-hydrogen) atoms. The fourth-order valence-corrected chi connectivity index (χ4v) is 2.03. The van der Waals surface area contributed by atoms with Gasteiger partial charge in [0.1, 0.15) is 0 Å². The monoisotopic (exact) mass is 268 g/mol. The van der Waals surface area contributed by atoms with E-state index in [2.05, 4.69) is 10.6 Å². The van der Waals surface area contributed by atoms with Crippen LogP contribution in [0.15, 0.2) is 24.3 Å². The summed E-state index contributed by atoms with van der Waals surface area (Å²) in [5.41, 5.74) is 0.759. The molecule has 2 rings (SSSR count). The van der Waals surface area contributed by atoms with Gasteiger partial charge in [0, 0.05) is 23.9 Å². The maximum absolute atomic E-state index is 11.7. The molecule has 0 aromatic heterocycles. The fraction of sp³-hybridized carbons (Fsp3) is 0.462. The zero-order valence-electron chi connectivity index (χ0n) is 10.3. The Morgan fingerprint density at radius 1 is 1.39 bits per heavy atom. The predicted octanol–water partition coefficient (Wildman–Crippen LogP) is 2.05. The molecule has 2 N–H and O–H groups in total. The molecule has 0 heterocycles. The van der Waals surface area contributed by atoms with E-state index >= 15 is 0 Å². The van der Waals surface area contributed by atoms with Gasteiger partial charge in [-0.3, -0.25) is 4.79 Å². The van der Waals surface area contributed by atoms with Crippen LogP contribution in [-0.4, -0.2) is 31.7 Å². The Hall–Kier alpha value is -1.10. The van der Waals surface area contributed by atoms with Crippen LogP contribution in [0.4, 0.5) is 5.69 Å². The van der Waals surface area contributed by atoms with Gasteiger partial charge in [0.05, 0.1) is 12.6 Å². The average Bonchev–Trinajstić information content (AvgIpc) is 2.30. The van der Waals surface area contributed by atoms with Crippen LogP contribution in [0.1, 0.15) is 12.8 Å². The summed E-state index contributed by atoms with van der Waals surface area (Å²) in [5.74, 6) is -0.0433. The van der Waals surface area contributed by atoms with Crippen molar-refractivity contribution in [2.24, 2.45) is 0 Å². The average molecular weight is 269 g/mol. The summed E-state index contributed by atoms with van der Waals surface area (Å²) < 4.78 is 5.18. The second-order valence-corrected chi connectivity index (χ2v) is 4.90. The molecule has 0 unspecified atom stereocenters. The van der Waals surface area contributed by atoms with Crippen molar-refractivity contribution < 1.29 is 9.53 Å². The Morgan fingerprint density at radius 2 is 2.06 bits per heavy atom. The van der Waals surface area contributed by atoms with Crippen molar-refractivity contribution in [2.75, 3.05) is 19.0 Å². The third kappa shape index (κ3) is 3.70. The number of carbonyl (C=O) groups excluding carboxylic acids is 1. The van der Waals surface area contributed by atoms with E-state index in [1.807, 2.05) is 0 Å². The van der Waals surface area contributed by atoms with Gasteiger partial charge in [-0.25, -0.2) is 0 Å². The molecule has 0 bridgehead atoms. The number of ether oxygens (including phenoxy) is 1. The van der Waals surface area contributed by atoms with Gasteiger partial charge in [-0.05, 0) is 37.1 Å². The van der Waals surface area contributed by atoms with Crippen LogP contribution in [0.3, 0.4) is 0 Å². The zero-order chi connectivity index (χ0) is 13.0. The normalized spacial score (nSPS) is 22.3. The summed E-state index contributed by atoms with van der Waals surface area (Å²) in [6.45, 7) is 0.323. The van der Waals surface area contributed by atoms with Crippen LogP contribution in [0.25, 0.3) is 0 Å². The van der Waals surface area contributed by atoms with E-state index in [1.54, 1.807) is 31.4 Å². The van der Waals surface area contributed by atoms with Crippen LogP contribution < -0.4 is 10.6 Å². The molecule has 0 aliphatic heterocycles. The molecule has 5 heteroatoms. The SMILES string of the molecule is COC1CC(NCC(=O)Nc2ccc(Cl)cc2)C1. The quantitative estimate of drug-likeness (QED) is 0.859. The molecule has 0 spiro atoms. The van der Waals surface area contributed by atoms with Crippen molar-refractivity contribution in [3.63, 3.8) is 0 Å². The van der Waals surface area contributed by atoms with Gasteiger partial charge in [0.15, 0.2) is 0 Å². The highest BCUT2D eigenvalue weighted by molar-refractivity contribution is 6.30. The van der Waals surface area contributed by atoms with E-state index in [0.29, 0.717) is 23.7 Å². The highest BCUT2D eigenvalue weighted by atomic mass is 35.5. The molecule has 98 valence electrons. The molecular weight excluding hydrogens is 252 g/mol. The maximum Gasteiger partial charge on any atom is 0.238 e. The van der Waals surface area contributed by atoms with Gasteiger partial charge in [-0.2, -0.15) is 0 Å². The number of anilines is 1. The molecule has 1 fully saturated rings. The lowest BCUT2D eigenvalue weighted by Crippen LogP contribution is -2.47. The number of rotatable bonds is 5. The van der Waals surface area contributed by atoms with Crippen molar-refractivity contribution in [1.82, 2.24) is 5.32 Å². The summed E-state index contributed by atoms with van der Waals surface area (Å²) in [4.78, 5) is 11.7. The molecule has 0 saturated heterocycles. The highest BCUT2D eigenvalue weighted by Crippen LogP contribution is 2.22. The molecular formula is C13H17ClN2O2. The second kappa shape index (κ2) is 6.18. The number of halogens is 1. The van der Waals surface area contributed by atoms with E-state index in [9.17, 15) is 4.79 Å². The lowest BCUT2D eigenvalue weighted by Gasteiger charge is -2.34. The number of amides is 1. The van der Waals surface area contributed by atoms with Crippen molar-refractivity contribution in [3.8, 4) is 0 Å². The van der Waals surface area contributed by atoms with Crippen LogP contribution in [0, 0.1) is 0 Å². The highest BCUT2D eigenvalue weighted by Gasteiger charge is 2.28. The zero-order valence-corrected chi connectivity index (χ0v) is 11.0. The van der Waals surface area contributed by atoms with E-state index in [1.165, 1.54) is 0 Å². The minimum absolute atomic E-state index is 0.0433. The number of methoxy groups -OCH3 is 1. The van der Waals surface area contributed by atoms with Gasteiger partial charge in [-0.1, -0.05) is 11.6 Å². The smallest absolute Gasteiger partial charge is 0.238 e. The number of nitrogens with one attached hydrogen (secondary N) is 2. The van der Waals surface area contributed by atoms with Gasteiger partial charge < -0.3 is 15.4 Å². The topological polar surface area (TPSA) is 50.4 Å². The number of hydrogen-bond donors (Lipinski definition) is 2. The molecule has 1 saturated carbocycles. The number of carbonyl (C=O) groups is 1.